The fourth-order valence-corrected chi connectivity index (χ4v) is 7.61. The monoisotopic (exact) mass is 686 g/mol. The average molecular weight is 687 g/mol. The van der Waals surface area contributed by atoms with Crippen molar-refractivity contribution in [1.82, 2.24) is 25.4 Å². The van der Waals surface area contributed by atoms with Crippen LogP contribution in [0.1, 0.15) is 61.4 Å². The Balaban J connectivity index is 1.02. The quantitative estimate of drug-likeness (QED) is 0.258. The third kappa shape index (κ3) is 9.89. The van der Waals surface area contributed by atoms with Crippen molar-refractivity contribution >= 4 is 28.6 Å². The molecule has 3 aromatic rings. The molecule has 2 fully saturated rings. The van der Waals surface area contributed by atoms with E-state index in [-0.39, 0.29) is 35.5 Å². The van der Waals surface area contributed by atoms with E-state index in [2.05, 4.69) is 61.7 Å². The van der Waals surface area contributed by atoms with Crippen LogP contribution in [-0.4, -0.2) is 95.3 Å². The Bertz CT molecular complexity index is 1630. The van der Waals surface area contributed by atoms with E-state index in [1.54, 1.807) is 17.8 Å². The van der Waals surface area contributed by atoms with Crippen LogP contribution >= 0.6 is 11.8 Å². The van der Waals surface area contributed by atoms with E-state index in [0.717, 1.165) is 67.7 Å². The number of aliphatic imine (C=N–C) groups is 1. The molecule has 2 aromatic carbocycles. The van der Waals surface area contributed by atoms with Crippen molar-refractivity contribution in [3.05, 3.63) is 77.7 Å². The molecule has 2 amide bonds. The first-order valence-electron chi connectivity index (χ1n) is 17.5. The lowest BCUT2D eigenvalue weighted by Gasteiger charge is -2.30. The summed E-state index contributed by atoms with van der Waals surface area (Å²) in [5.74, 6) is 0.164. The molecule has 1 aliphatic carbocycles. The lowest BCUT2D eigenvalue weighted by molar-refractivity contribution is -0.122. The van der Waals surface area contributed by atoms with Crippen LogP contribution in [0.3, 0.4) is 0 Å². The highest BCUT2D eigenvalue weighted by molar-refractivity contribution is 8.14. The molecule has 1 atom stereocenters. The molecular formula is C38H47FN6O3S. The summed E-state index contributed by atoms with van der Waals surface area (Å²) < 4.78 is 20.4. The zero-order valence-corrected chi connectivity index (χ0v) is 29.3. The number of halogens is 1. The Morgan fingerprint density at radius 2 is 1.73 bits per heavy atom. The zero-order valence-electron chi connectivity index (χ0n) is 28.5. The van der Waals surface area contributed by atoms with Gasteiger partial charge in [-0.15, -0.1) is 11.8 Å². The van der Waals surface area contributed by atoms with E-state index in [1.807, 2.05) is 25.1 Å². The maximum absolute atomic E-state index is 14.3. The molecule has 9 nitrogen and oxygen atoms in total. The fourth-order valence-electron chi connectivity index (χ4n) is 6.79. The molecule has 11 heteroatoms. The normalized spacial score (nSPS) is 21.9. The van der Waals surface area contributed by atoms with E-state index in [0.29, 0.717) is 24.3 Å². The minimum absolute atomic E-state index is 0.0343. The standard InChI is InChI=1S/C38H47FN6O3S/c1-26-41-35(25-49-26)37(47)43-32-15-13-31(14-16-32)42-36(46)34-23-30(39)24-40-38(34)48-33-8-3-7-29(22-33)28-11-9-27(10-12-28)6-4-18-45-19-5-17-44(2)20-21-45/h3,7-12,22-24,31-32,35H,4-6,13-21,25H2,1-2H3,(H,42,46)(H,43,47)/t31-,32+,35?. The first-order valence-corrected chi connectivity index (χ1v) is 18.5. The number of hydrogen-bond donors (Lipinski definition) is 2. The van der Waals surface area contributed by atoms with Gasteiger partial charge < -0.3 is 25.2 Å². The van der Waals surface area contributed by atoms with Crippen LogP contribution in [0.25, 0.3) is 11.1 Å². The Morgan fingerprint density at radius 3 is 2.49 bits per heavy atom. The molecule has 3 aliphatic rings. The molecule has 0 spiro atoms. The third-order valence-corrected chi connectivity index (χ3v) is 10.7. The molecule has 1 aromatic heterocycles. The van der Waals surface area contributed by atoms with Gasteiger partial charge in [0.2, 0.25) is 11.8 Å². The van der Waals surface area contributed by atoms with Gasteiger partial charge >= 0.3 is 0 Å². The highest BCUT2D eigenvalue weighted by Gasteiger charge is 2.29. The lowest BCUT2D eigenvalue weighted by atomic mass is 9.90. The van der Waals surface area contributed by atoms with Gasteiger partial charge in [0.1, 0.15) is 23.2 Å². The maximum Gasteiger partial charge on any atom is 0.257 e. The van der Waals surface area contributed by atoms with Gasteiger partial charge in [-0.3, -0.25) is 14.6 Å². The van der Waals surface area contributed by atoms with Crippen molar-refractivity contribution in [2.24, 2.45) is 4.99 Å². The molecule has 1 unspecified atom stereocenters. The number of benzene rings is 2. The fraction of sp³-hybridized carbons (Fsp3) is 0.474. The van der Waals surface area contributed by atoms with E-state index >= 15 is 0 Å². The number of aromatic nitrogens is 1. The number of carbonyl (C=O) groups excluding carboxylic acids is 2. The molecule has 49 heavy (non-hydrogen) atoms. The minimum atomic E-state index is -0.611. The summed E-state index contributed by atoms with van der Waals surface area (Å²) in [5.41, 5.74) is 3.40. The van der Waals surface area contributed by atoms with Gasteiger partial charge in [-0.2, -0.15) is 0 Å². The van der Waals surface area contributed by atoms with Crippen LogP contribution < -0.4 is 15.4 Å². The molecule has 1 saturated carbocycles. The van der Waals surface area contributed by atoms with Crippen LogP contribution in [0, 0.1) is 5.82 Å². The molecule has 3 heterocycles. The van der Waals surface area contributed by atoms with Gasteiger partial charge in [0.15, 0.2) is 0 Å². The van der Waals surface area contributed by atoms with Crippen LogP contribution in [0.4, 0.5) is 4.39 Å². The number of thioether (sulfide) groups is 1. The SMILES string of the molecule is CC1=NC(C(=O)N[C@H]2CC[C@@H](NC(=O)c3cc(F)cnc3Oc3cccc(-c4ccc(CCCN5CCCN(C)CC5)cc4)c3)CC2)CS1. The second kappa shape index (κ2) is 16.7. The summed E-state index contributed by atoms with van der Waals surface area (Å²) in [7, 11) is 2.20. The number of nitrogens with zero attached hydrogens (tertiary/aromatic N) is 4. The first-order chi connectivity index (χ1) is 23.8. The van der Waals surface area contributed by atoms with E-state index in [4.69, 9.17) is 4.74 Å². The molecule has 2 aliphatic heterocycles. The van der Waals surface area contributed by atoms with Crippen LogP contribution in [-0.2, 0) is 11.2 Å². The number of hydrogen-bond acceptors (Lipinski definition) is 8. The third-order valence-electron chi connectivity index (χ3n) is 9.65. The van der Waals surface area contributed by atoms with Crippen LogP contribution in [0.2, 0.25) is 0 Å². The molecular weight excluding hydrogens is 640 g/mol. The summed E-state index contributed by atoms with van der Waals surface area (Å²) >= 11 is 1.61. The Labute approximate surface area is 293 Å². The van der Waals surface area contributed by atoms with Crippen LogP contribution in [0.15, 0.2) is 65.8 Å². The molecule has 6 rings (SSSR count). The Morgan fingerprint density at radius 1 is 0.959 bits per heavy atom. The number of nitrogens with one attached hydrogen (secondary N) is 2. The Hall–Kier alpha value is -3.80. The molecule has 0 radical (unpaired) electrons. The number of carbonyl (C=O) groups is 2. The van der Waals surface area contributed by atoms with Crippen molar-refractivity contribution in [3.8, 4) is 22.8 Å². The summed E-state index contributed by atoms with van der Waals surface area (Å²) in [6, 6.07) is 17.1. The average Bonchev–Trinajstić information content (AvgIpc) is 3.44. The van der Waals surface area contributed by atoms with Gasteiger partial charge in [-0.25, -0.2) is 9.37 Å². The largest absolute Gasteiger partial charge is 0.438 e. The van der Waals surface area contributed by atoms with Gasteiger partial charge in [0.05, 0.1) is 11.2 Å². The van der Waals surface area contributed by atoms with Crippen molar-refractivity contribution in [3.63, 3.8) is 0 Å². The highest BCUT2D eigenvalue weighted by atomic mass is 32.2. The lowest BCUT2D eigenvalue weighted by Crippen LogP contribution is -2.46. The second-order valence-corrected chi connectivity index (χ2v) is 14.7. The summed E-state index contributed by atoms with van der Waals surface area (Å²) in [6.07, 6.45) is 7.37. The first kappa shape index (κ1) is 35.0. The number of pyridine rings is 1. The van der Waals surface area contributed by atoms with Gasteiger partial charge in [-0.1, -0.05) is 36.4 Å². The minimum Gasteiger partial charge on any atom is -0.438 e. The molecule has 2 N–H and O–H groups in total. The summed E-state index contributed by atoms with van der Waals surface area (Å²) in [4.78, 5) is 39.5. The predicted octanol–water partition coefficient (Wildman–Crippen LogP) is 5.94. The number of aryl methyl sites for hydroxylation is 1. The zero-order chi connectivity index (χ0) is 34.2. The predicted molar refractivity (Wildman–Crippen MR) is 194 cm³/mol. The Kier molecular flexibility index (Phi) is 12.0. The van der Waals surface area contributed by atoms with E-state index in [9.17, 15) is 14.0 Å². The second-order valence-electron chi connectivity index (χ2n) is 13.4. The van der Waals surface area contributed by atoms with Crippen molar-refractivity contribution < 1.29 is 18.7 Å². The smallest absolute Gasteiger partial charge is 0.257 e. The van der Waals surface area contributed by atoms with Crippen molar-refractivity contribution in [1.29, 1.82) is 0 Å². The number of likely N-dealkylation sites (N-methyl/N-ethyl adjacent to an activating group) is 1. The van der Waals surface area contributed by atoms with Gasteiger partial charge in [0.25, 0.3) is 5.91 Å². The van der Waals surface area contributed by atoms with Gasteiger partial charge in [0, 0.05) is 30.9 Å². The molecule has 260 valence electrons. The number of amides is 2. The van der Waals surface area contributed by atoms with E-state index in [1.165, 1.54) is 31.1 Å². The summed E-state index contributed by atoms with van der Waals surface area (Å²) in [6.45, 7) is 7.70. The topological polar surface area (TPSA) is 99.2 Å². The van der Waals surface area contributed by atoms with Crippen LogP contribution in [0.5, 0.6) is 11.6 Å². The molecule has 1 saturated heterocycles. The highest BCUT2D eigenvalue weighted by Crippen LogP contribution is 2.30. The number of ether oxygens (including phenoxy) is 1. The molecule has 0 bridgehead atoms. The number of rotatable bonds is 11. The van der Waals surface area contributed by atoms with E-state index < -0.39 is 11.7 Å². The van der Waals surface area contributed by atoms with Crippen molar-refractivity contribution in [2.45, 2.75) is 70.0 Å². The van der Waals surface area contributed by atoms with Crippen molar-refractivity contribution in [2.75, 3.05) is 45.5 Å². The summed E-state index contributed by atoms with van der Waals surface area (Å²) in [5, 5.41) is 7.09. The van der Waals surface area contributed by atoms with Gasteiger partial charge in [-0.05, 0) is 113 Å². The maximum atomic E-state index is 14.3.